The summed E-state index contributed by atoms with van der Waals surface area (Å²) in [6, 6.07) is 0. The summed E-state index contributed by atoms with van der Waals surface area (Å²) in [5, 5.41) is 0.224. The molecule has 3 unspecified atom stereocenters. The molecule has 20 heavy (non-hydrogen) atoms. The van der Waals surface area contributed by atoms with Crippen molar-refractivity contribution in [2.75, 3.05) is 0 Å². The first-order chi connectivity index (χ1) is 9.21. The normalized spacial score (nSPS) is 17.9. The fraction of sp³-hybridized carbons (Fsp3) is 0.889. The zero-order valence-corrected chi connectivity index (χ0v) is 15.7. The van der Waals surface area contributed by atoms with Crippen LogP contribution in [0.25, 0.3) is 0 Å². The van der Waals surface area contributed by atoms with Gasteiger partial charge in [-0.25, -0.2) is 0 Å². The summed E-state index contributed by atoms with van der Waals surface area (Å²) in [6.45, 7) is 13.8. The molecule has 0 aliphatic carbocycles. The van der Waals surface area contributed by atoms with E-state index in [9.17, 15) is 0 Å². The van der Waals surface area contributed by atoms with E-state index < -0.39 is 0 Å². The summed E-state index contributed by atoms with van der Waals surface area (Å²) in [4.78, 5) is 0. The molecule has 0 aromatic carbocycles. The van der Waals surface area contributed by atoms with Crippen LogP contribution in [0.4, 0.5) is 0 Å². The van der Waals surface area contributed by atoms with Crippen LogP contribution < -0.4 is 0 Å². The maximum Gasteiger partial charge on any atom is 0.105 e. The molecule has 2 heteroatoms. The fourth-order valence-electron chi connectivity index (χ4n) is 2.94. The summed E-state index contributed by atoms with van der Waals surface area (Å²) in [6.07, 6.45) is 9.82. The Hall–Kier alpha value is 0.0949. The third kappa shape index (κ3) is 9.11. The van der Waals surface area contributed by atoms with Gasteiger partial charge in [0.2, 0.25) is 0 Å². The van der Waals surface area contributed by atoms with Gasteiger partial charge in [-0.1, -0.05) is 77.8 Å². The van der Waals surface area contributed by atoms with Crippen molar-refractivity contribution in [3.63, 3.8) is 0 Å². The molecule has 0 rings (SSSR count). The third-order valence-electron chi connectivity index (χ3n) is 4.56. The highest BCUT2D eigenvalue weighted by Gasteiger charge is 2.19. The molecule has 0 aromatic rings. The van der Waals surface area contributed by atoms with Crippen LogP contribution in [0.3, 0.4) is 0 Å². The minimum Gasteiger partial charge on any atom is -0.118 e. The maximum absolute atomic E-state index is 6.56. The number of rotatable bonds is 10. The lowest BCUT2D eigenvalue weighted by Crippen LogP contribution is -2.14. The molecule has 0 saturated heterocycles. The summed E-state index contributed by atoms with van der Waals surface area (Å²) < 4.78 is 0. The van der Waals surface area contributed by atoms with E-state index in [2.05, 4.69) is 55.5 Å². The number of hydrogen-bond donors (Lipinski definition) is 0. The van der Waals surface area contributed by atoms with E-state index in [1.54, 1.807) is 0 Å². The molecule has 0 aliphatic heterocycles. The second-order valence-electron chi connectivity index (χ2n) is 7.55. The molecule has 0 aromatic heterocycles. The number of hydrogen-bond acceptors (Lipinski definition) is 0. The first-order valence-corrected chi connectivity index (χ1v) is 8.97. The van der Waals surface area contributed by atoms with Crippen molar-refractivity contribution in [3.05, 3.63) is 11.6 Å². The molecule has 0 bridgehead atoms. The average molecular weight is 299 g/mol. The number of halogens is 1. The Labute approximate surface area is 134 Å². The van der Waals surface area contributed by atoms with Gasteiger partial charge in [0.05, 0.1) is 5.38 Å². The molecule has 0 N–H and O–H groups in total. The highest BCUT2D eigenvalue weighted by Crippen LogP contribution is 2.33. The lowest BCUT2D eigenvalue weighted by molar-refractivity contribution is 0.308. The lowest BCUT2D eigenvalue weighted by atomic mass is 9.70. The topological polar surface area (TPSA) is 0 Å². The van der Waals surface area contributed by atoms with Gasteiger partial charge in [-0.15, -0.1) is 11.6 Å². The van der Waals surface area contributed by atoms with Crippen LogP contribution in [0, 0.1) is 11.3 Å². The van der Waals surface area contributed by atoms with E-state index in [1.165, 1.54) is 37.7 Å². The van der Waals surface area contributed by atoms with Crippen LogP contribution in [0.5, 0.6) is 0 Å². The van der Waals surface area contributed by atoms with Crippen molar-refractivity contribution in [2.45, 2.75) is 91.3 Å². The molecule has 0 saturated carbocycles. The second kappa shape index (κ2) is 9.93. The van der Waals surface area contributed by atoms with Gasteiger partial charge >= 0.3 is 0 Å². The summed E-state index contributed by atoms with van der Waals surface area (Å²) in [5.41, 5.74) is 1.84. The highest BCUT2D eigenvalue weighted by atomic mass is 35.5. The number of alkyl halides is 1. The van der Waals surface area contributed by atoms with Crippen molar-refractivity contribution < 1.29 is 0 Å². The minimum atomic E-state index is 0.224. The van der Waals surface area contributed by atoms with Gasteiger partial charge in [0.1, 0.15) is 7.85 Å². The van der Waals surface area contributed by atoms with Crippen LogP contribution >= 0.6 is 11.6 Å². The van der Waals surface area contributed by atoms with Gasteiger partial charge in [-0.2, -0.15) is 0 Å². The molecule has 0 fully saturated rings. The zero-order valence-electron chi connectivity index (χ0n) is 14.9. The van der Waals surface area contributed by atoms with Crippen molar-refractivity contribution in [2.24, 2.45) is 11.3 Å². The van der Waals surface area contributed by atoms with Crippen LogP contribution in [0.2, 0.25) is 5.82 Å². The monoisotopic (exact) mass is 298 g/mol. The highest BCUT2D eigenvalue weighted by molar-refractivity contribution is 6.22. The lowest BCUT2D eigenvalue weighted by Gasteiger charge is -2.27. The predicted molar refractivity (Wildman–Crippen MR) is 97.7 cm³/mol. The van der Waals surface area contributed by atoms with E-state index in [0.29, 0.717) is 11.3 Å². The van der Waals surface area contributed by atoms with E-state index in [0.717, 1.165) is 12.2 Å². The SMILES string of the molecule is BC(CCC(Cl)/C(C)=C\C(C)CCC)CC(C)(C)CC. The third-order valence-corrected chi connectivity index (χ3v) is 5.12. The average Bonchev–Trinajstić information content (AvgIpc) is 2.35. The van der Waals surface area contributed by atoms with Gasteiger partial charge in [-0.3, -0.25) is 0 Å². The van der Waals surface area contributed by atoms with Crippen molar-refractivity contribution in [3.8, 4) is 0 Å². The van der Waals surface area contributed by atoms with Gasteiger partial charge < -0.3 is 0 Å². The standard InChI is InChI=1S/C18H36BCl/c1-7-9-14(3)12-15(4)17(20)11-10-16(19)13-18(5,6)8-2/h12,14,16-17H,7-11,13,19H2,1-6H3/b15-12-. The van der Waals surface area contributed by atoms with Crippen LogP contribution in [0.15, 0.2) is 11.6 Å². The second-order valence-corrected chi connectivity index (χ2v) is 8.08. The Bertz CT molecular complexity index is 283. The quantitative estimate of drug-likeness (QED) is 0.263. The van der Waals surface area contributed by atoms with Crippen LogP contribution in [-0.2, 0) is 0 Å². The zero-order chi connectivity index (χ0) is 15.8. The predicted octanol–water partition coefficient (Wildman–Crippen LogP) is 6.00. The van der Waals surface area contributed by atoms with Crippen LogP contribution in [0.1, 0.15) is 80.1 Å². The van der Waals surface area contributed by atoms with Gasteiger partial charge in [0, 0.05) is 0 Å². The van der Waals surface area contributed by atoms with E-state index in [4.69, 9.17) is 11.6 Å². The Balaban J connectivity index is 4.18. The van der Waals surface area contributed by atoms with Crippen molar-refractivity contribution >= 4 is 19.4 Å². The summed E-state index contributed by atoms with van der Waals surface area (Å²) >= 11 is 6.56. The van der Waals surface area contributed by atoms with E-state index in [1.807, 2.05) is 0 Å². The van der Waals surface area contributed by atoms with Crippen molar-refractivity contribution in [1.82, 2.24) is 0 Å². The molecule has 0 amide bonds. The molecule has 0 radical (unpaired) electrons. The minimum absolute atomic E-state index is 0.224. The van der Waals surface area contributed by atoms with Gasteiger partial charge in [0.15, 0.2) is 0 Å². The van der Waals surface area contributed by atoms with Gasteiger partial charge in [0.25, 0.3) is 0 Å². The van der Waals surface area contributed by atoms with Crippen LogP contribution in [-0.4, -0.2) is 13.2 Å². The first-order valence-electron chi connectivity index (χ1n) is 8.54. The van der Waals surface area contributed by atoms with E-state index in [-0.39, 0.29) is 5.38 Å². The molecular weight excluding hydrogens is 262 g/mol. The molecule has 0 spiro atoms. The van der Waals surface area contributed by atoms with Gasteiger partial charge in [-0.05, 0) is 31.1 Å². The Morgan fingerprint density at radius 3 is 2.30 bits per heavy atom. The largest absolute Gasteiger partial charge is 0.118 e. The smallest absolute Gasteiger partial charge is 0.105 e. The molecule has 0 nitrogen and oxygen atoms in total. The molecule has 3 atom stereocenters. The van der Waals surface area contributed by atoms with Crippen molar-refractivity contribution in [1.29, 1.82) is 0 Å². The summed E-state index contributed by atoms with van der Waals surface area (Å²) in [5.74, 6) is 1.43. The summed E-state index contributed by atoms with van der Waals surface area (Å²) in [7, 11) is 2.37. The molecule has 118 valence electrons. The fourth-order valence-corrected chi connectivity index (χ4v) is 3.14. The Morgan fingerprint density at radius 2 is 1.80 bits per heavy atom. The molecular formula is C18H36BCl. The Morgan fingerprint density at radius 1 is 1.20 bits per heavy atom. The van der Waals surface area contributed by atoms with E-state index >= 15 is 0 Å². The first kappa shape index (κ1) is 20.1. The number of allylic oxidation sites excluding steroid dienone is 2. The Kier molecular flexibility index (Phi) is 9.98. The maximum atomic E-state index is 6.56. The molecule has 0 aliphatic rings. The molecule has 0 heterocycles.